The molecule has 3 heterocycles. The van der Waals surface area contributed by atoms with Crippen LogP contribution in [0.2, 0.25) is 0 Å². The standard InChI is InChI=1S/C28H23N3O7S/c1-4-37-27(33)24-16(2)29-28-30(25(24)17-8-6-5-7-9-17)26(32)23(39-28)15-19-11-13-22(38-19)20-12-10-18(36-3)14-21(20)31(34)35/h5-15,25H,4H2,1-3H3/b23-15-. The molecule has 2 aromatic carbocycles. The number of nitro benzene ring substituents is 1. The minimum Gasteiger partial charge on any atom is -0.497 e. The lowest BCUT2D eigenvalue weighted by Crippen LogP contribution is -2.39. The molecule has 0 bridgehead atoms. The highest BCUT2D eigenvalue weighted by Crippen LogP contribution is 2.34. The monoisotopic (exact) mass is 545 g/mol. The zero-order valence-corrected chi connectivity index (χ0v) is 22.1. The molecule has 0 N–H and O–H groups in total. The summed E-state index contributed by atoms with van der Waals surface area (Å²) in [5.74, 6) is 0.423. The molecule has 5 rings (SSSR count). The van der Waals surface area contributed by atoms with Gasteiger partial charge in [-0.1, -0.05) is 41.7 Å². The maximum atomic E-state index is 13.7. The molecule has 0 fully saturated rings. The largest absolute Gasteiger partial charge is 0.497 e. The van der Waals surface area contributed by atoms with E-state index in [0.717, 1.165) is 16.9 Å². The zero-order valence-electron chi connectivity index (χ0n) is 21.2. The van der Waals surface area contributed by atoms with Crippen LogP contribution in [0.3, 0.4) is 0 Å². The average molecular weight is 546 g/mol. The van der Waals surface area contributed by atoms with Crippen molar-refractivity contribution >= 4 is 29.1 Å². The Bertz CT molecular complexity index is 1800. The van der Waals surface area contributed by atoms with Crippen LogP contribution in [-0.4, -0.2) is 29.2 Å². The minimum atomic E-state index is -0.710. The molecule has 39 heavy (non-hydrogen) atoms. The molecule has 10 nitrogen and oxygen atoms in total. The number of benzene rings is 2. The first-order chi connectivity index (χ1) is 18.8. The summed E-state index contributed by atoms with van der Waals surface area (Å²) >= 11 is 1.16. The van der Waals surface area contributed by atoms with Gasteiger partial charge in [0, 0.05) is 6.08 Å². The molecule has 0 spiro atoms. The average Bonchev–Trinajstić information content (AvgIpc) is 3.52. The second-order valence-electron chi connectivity index (χ2n) is 8.56. The van der Waals surface area contributed by atoms with E-state index in [-0.39, 0.29) is 29.2 Å². The first-order valence-corrected chi connectivity index (χ1v) is 12.8. The van der Waals surface area contributed by atoms with Gasteiger partial charge in [0.05, 0.1) is 52.1 Å². The predicted octanol–water partition coefficient (Wildman–Crippen LogP) is 3.98. The zero-order chi connectivity index (χ0) is 27.7. The van der Waals surface area contributed by atoms with Gasteiger partial charge in [0.25, 0.3) is 11.2 Å². The van der Waals surface area contributed by atoms with Crippen molar-refractivity contribution in [1.29, 1.82) is 0 Å². The van der Waals surface area contributed by atoms with Crippen LogP contribution in [-0.2, 0) is 9.53 Å². The van der Waals surface area contributed by atoms with Crippen LogP contribution in [0.15, 0.2) is 86.1 Å². The molecular formula is C28H23N3O7S. The van der Waals surface area contributed by atoms with Crippen LogP contribution in [0.25, 0.3) is 17.4 Å². The molecule has 11 heteroatoms. The second kappa shape index (κ2) is 10.5. The van der Waals surface area contributed by atoms with Crippen molar-refractivity contribution in [2.24, 2.45) is 4.99 Å². The normalized spacial score (nSPS) is 15.1. The van der Waals surface area contributed by atoms with E-state index in [1.165, 1.54) is 17.7 Å². The number of nitro groups is 1. The van der Waals surface area contributed by atoms with E-state index in [1.54, 1.807) is 44.2 Å². The number of carbonyl (C=O) groups is 1. The fraction of sp³-hybridized carbons (Fsp3) is 0.179. The molecule has 1 atom stereocenters. The summed E-state index contributed by atoms with van der Waals surface area (Å²) in [7, 11) is 1.43. The Kier molecular flexibility index (Phi) is 6.99. The van der Waals surface area contributed by atoms with E-state index in [1.807, 2.05) is 30.3 Å². The number of methoxy groups -OCH3 is 1. The highest BCUT2D eigenvalue weighted by molar-refractivity contribution is 7.07. The number of thiazole rings is 1. The Morgan fingerprint density at radius 2 is 1.97 bits per heavy atom. The van der Waals surface area contributed by atoms with Crippen LogP contribution >= 0.6 is 11.3 Å². The summed E-state index contributed by atoms with van der Waals surface area (Å²) in [4.78, 5) is 42.7. The third-order valence-corrected chi connectivity index (χ3v) is 7.18. The summed E-state index contributed by atoms with van der Waals surface area (Å²) in [5.41, 5.74) is 1.28. The highest BCUT2D eigenvalue weighted by Gasteiger charge is 2.33. The van der Waals surface area contributed by atoms with E-state index in [0.29, 0.717) is 32.1 Å². The molecule has 1 aliphatic rings. The van der Waals surface area contributed by atoms with Gasteiger partial charge in [0.2, 0.25) is 0 Å². The quantitative estimate of drug-likeness (QED) is 0.195. The first kappa shape index (κ1) is 25.9. The van der Waals surface area contributed by atoms with Crippen molar-refractivity contribution in [3.05, 3.63) is 113 Å². The number of hydrogen-bond donors (Lipinski definition) is 0. The maximum absolute atomic E-state index is 13.7. The number of nitrogens with zero attached hydrogens (tertiary/aromatic N) is 3. The lowest BCUT2D eigenvalue weighted by molar-refractivity contribution is -0.384. The lowest BCUT2D eigenvalue weighted by Gasteiger charge is -2.24. The molecule has 1 aliphatic heterocycles. The van der Waals surface area contributed by atoms with Gasteiger partial charge in [-0.25, -0.2) is 9.79 Å². The van der Waals surface area contributed by atoms with Crippen molar-refractivity contribution in [1.82, 2.24) is 4.57 Å². The Morgan fingerprint density at radius 1 is 1.21 bits per heavy atom. The van der Waals surface area contributed by atoms with Crippen LogP contribution < -0.4 is 19.6 Å². The fourth-order valence-electron chi connectivity index (χ4n) is 4.44. The summed E-state index contributed by atoms with van der Waals surface area (Å²) in [6, 6.07) is 16.2. The van der Waals surface area contributed by atoms with Gasteiger partial charge in [-0.2, -0.15) is 0 Å². The topological polar surface area (TPSA) is 126 Å². The van der Waals surface area contributed by atoms with E-state index < -0.39 is 16.9 Å². The number of ether oxygens (including phenoxy) is 2. The third-order valence-electron chi connectivity index (χ3n) is 6.20. The van der Waals surface area contributed by atoms with Gasteiger partial charge in [-0.05, 0) is 43.7 Å². The van der Waals surface area contributed by atoms with Gasteiger partial charge in [-0.15, -0.1) is 0 Å². The molecule has 0 aliphatic carbocycles. The molecule has 1 unspecified atom stereocenters. The summed E-state index contributed by atoms with van der Waals surface area (Å²) in [5, 5.41) is 11.6. The minimum absolute atomic E-state index is 0.167. The molecule has 0 radical (unpaired) electrons. The second-order valence-corrected chi connectivity index (χ2v) is 9.56. The molecule has 0 saturated carbocycles. The first-order valence-electron chi connectivity index (χ1n) is 12.0. The van der Waals surface area contributed by atoms with Crippen LogP contribution in [0.1, 0.15) is 31.2 Å². The van der Waals surface area contributed by atoms with Crippen molar-refractivity contribution in [3.8, 4) is 17.1 Å². The molecule has 0 saturated heterocycles. The van der Waals surface area contributed by atoms with Crippen LogP contribution in [0, 0.1) is 10.1 Å². The maximum Gasteiger partial charge on any atom is 0.338 e. The number of aromatic nitrogens is 1. The molecule has 2 aromatic heterocycles. The summed E-state index contributed by atoms with van der Waals surface area (Å²) in [6.07, 6.45) is 1.56. The third kappa shape index (κ3) is 4.79. The van der Waals surface area contributed by atoms with Crippen molar-refractivity contribution < 1.29 is 23.6 Å². The van der Waals surface area contributed by atoms with Crippen LogP contribution in [0.4, 0.5) is 5.69 Å². The molecule has 0 amide bonds. The number of furan rings is 1. The lowest BCUT2D eigenvalue weighted by atomic mass is 9.96. The number of allylic oxidation sites excluding steroid dienone is 1. The number of fused-ring (bicyclic) bond motifs is 1. The van der Waals surface area contributed by atoms with E-state index in [4.69, 9.17) is 13.9 Å². The Labute approximate surface area is 225 Å². The van der Waals surface area contributed by atoms with Crippen molar-refractivity contribution in [2.75, 3.05) is 13.7 Å². The van der Waals surface area contributed by atoms with E-state index >= 15 is 0 Å². The summed E-state index contributed by atoms with van der Waals surface area (Å²) in [6.45, 7) is 3.63. The van der Waals surface area contributed by atoms with Gasteiger partial charge < -0.3 is 13.9 Å². The fourth-order valence-corrected chi connectivity index (χ4v) is 5.47. The summed E-state index contributed by atoms with van der Waals surface area (Å²) < 4.78 is 18.1. The van der Waals surface area contributed by atoms with Crippen molar-refractivity contribution in [2.45, 2.75) is 19.9 Å². The Hall–Kier alpha value is -4.77. The van der Waals surface area contributed by atoms with Gasteiger partial charge in [0.1, 0.15) is 17.3 Å². The number of carbonyl (C=O) groups excluding carboxylic acids is 1. The van der Waals surface area contributed by atoms with Gasteiger partial charge in [0.15, 0.2) is 4.80 Å². The number of esters is 1. The number of hydrogen-bond acceptors (Lipinski definition) is 9. The molecule has 4 aromatic rings. The Morgan fingerprint density at radius 3 is 2.67 bits per heavy atom. The highest BCUT2D eigenvalue weighted by atomic mass is 32.1. The molecule has 198 valence electrons. The van der Waals surface area contributed by atoms with E-state index in [9.17, 15) is 19.7 Å². The van der Waals surface area contributed by atoms with E-state index in [2.05, 4.69) is 4.99 Å². The van der Waals surface area contributed by atoms with Crippen LogP contribution in [0.5, 0.6) is 5.75 Å². The van der Waals surface area contributed by atoms with Gasteiger partial charge >= 0.3 is 5.97 Å². The van der Waals surface area contributed by atoms with Crippen molar-refractivity contribution in [3.63, 3.8) is 0 Å². The molecular weight excluding hydrogens is 522 g/mol. The van der Waals surface area contributed by atoms with Gasteiger partial charge in [-0.3, -0.25) is 19.5 Å². The number of rotatable bonds is 7. The smallest absolute Gasteiger partial charge is 0.338 e. The predicted molar refractivity (Wildman–Crippen MR) is 144 cm³/mol. The SMILES string of the molecule is CCOC(=O)C1=C(C)N=c2s/c(=C\c3ccc(-c4ccc(OC)cc4[N+](=O)[O-])o3)c(=O)n2C1c1ccccc1. The Balaban J connectivity index is 1.62.